The van der Waals surface area contributed by atoms with E-state index in [0.29, 0.717) is 5.88 Å². The molecule has 0 saturated carbocycles. The molecule has 0 spiro atoms. The SMILES string of the molecule is COC(=O)C=Cc1cnc(OC)cc1C. The first-order valence-corrected chi connectivity index (χ1v) is 4.44. The third-order valence-electron chi connectivity index (χ3n) is 1.94. The summed E-state index contributed by atoms with van der Waals surface area (Å²) in [5, 5.41) is 0. The predicted octanol–water partition coefficient (Wildman–Crippen LogP) is 1.58. The molecule has 4 heteroatoms. The molecule has 1 rings (SSSR count). The maximum absolute atomic E-state index is 10.9. The van der Waals surface area contributed by atoms with Gasteiger partial charge in [-0.1, -0.05) is 0 Å². The molecular weight excluding hydrogens is 194 g/mol. The average Bonchev–Trinajstić information content (AvgIpc) is 2.26. The molecule has 0 aliphatic rings. The lowest BCUT2D eigenvalue weighted by molar-refractivity contribution is -0.134. The average molecular weight is 207 g/mol. The Morgan fingerprint density at radius 1 is 1.47 bits per heavy atom. The van der Waals surface area contributed by atoms with Crippen molar-refractivity contribution >= 4 is 12.0 Å². The number of rotatable bonds is 3. The number of hydrogen-bond acceptors (Lipinski definition) is 4. The smallest absolute Gasteiger partial charge is 0.330 e. The molecule has 0 aliphatic carbocycles. The first-order chi connectivity index (χ1) is 7.17. The highest BCUT2D eigenvalue weighted by Crippen LogP contribution is 2.14. The van der Waals surface area contributed by atoms with Crippen LogP contribution in [0.2, 0.25) is 0 Å². The zero-order valence-electron chi connectivity index (χ0n) is 8.98. The molecule has 1 heterocycles. The molecule has 0 N–H and O–H groups in total. The van der Waals surface area contributed by atoms with E-state index in [-0.39, 0.29) is 5.97 Å². The van der Waals surface area contributed by atoms with Crippen LogP contribution in [-0.2, 0) is 9.53 Å². The van der Waals surface area contributed by atoms with Gasteiger partial charge in [0.25, 0.3) is 0 Å². The van der Waals surface area contributed by atoms with Crippen LogP contribution in [-0.4, -0.2) is 25.2 Å². The summed E-state index contributed by atoms with van der Waals surface area (Å²) in [4.78, 5) is 14.9. The number of esters is 1. The number of nitrogens with zero attached hydrogens (tertiary/aromatic N) is 1. The van der Waals surface area contributed by atoms with Crippen molar-refractivity contribution < 1.29 is 14.3 Å². The Kier molecular flexibility index (Phi) is 3.85. The van der Waals surface area contributed by atoms with Crippen LogP contribution in [0.15, 0.2) is 18.3 Å². The van der Waals surface area contributed by atoms with E-state index in [0.717, 1.165) is 11.1 Å². The van der Waals surface area contributed by atoms with Crippen molar-refractivity contribution in [1.82, 2.24) is 4.98 Å². The first-order valence-electron chi connectivity index (χ1n) is 4.44. The molecule has 0 amide bonds. The van der Waals surface area contributed by atoms with E-state index in [2.05, 4.69) is 9.72 Å². The number of methoxy groups -OCH3 is 2. The lowest BCUT2D eigenvalue weighted by Crippen LogP contribution is -1.94. The van der Waals surface area contributed by atoms with E-state index in [1.165, 1.54) is 13.2 Å². The second kappa shape index (κ2) is 5.14. The van der Waals surface area contributed by atoms with Gasteiger partial charge in [-0.25, -0.2) is 9.78 Å². The van der Waals surface area contributed by atoms with Crippen LogP contribution >= 0.6 is 0 Å². The largest absolute Gasteiger partial charge is 0.481 e. The molecular formula is C11H13NO3. The van der Waals surface area contributed by atoms with E-state index >= 15 is 0 Å². The van der Waals surface area contributed by atoms with Gasteiger partial charge in [0.2, 0.25) is 5.88 Å². The molecule has 15 heavy (non-hydrogen) atoms. The fraction of sp³-hybridized carbons (Fsp3) is 0.273. The zero-order chi connectivity index (χ0) is 11.3. The van der Waals surface area contributed by atoms with Crippen LogP contribution in [0.3, 0.4) is 0 Å². The fourth-order valence-electron chi connectivity index (χ4n) is 1.05. The molecule has 0 aromatic carbocycles. The lowest BCUT2D eigenvalue weighted by Gasteiger charge is -2.02. The molecule has 4 nitrogen and oxygen atoms in total. The molecule has 80 valence electrons. The number of hydrogen-bond donors (Lipinski definition) is 0. The monoisotopic (exact) mass is 207 g/mol. The van der Waals surface area contributed by atoms with Gasteiger partial charge in [-0.3, -0.25) is 0 Å². The molecule has 0 bridgehead atoms. The van der Waals surface area contributed by atoms with Crippen LogP contribution in [0.5, 0.6) is 5.88 Å². The Labute approximate surface area is 88.5 Å². The molecule has 0 atom stereocenters. The Morgan fingerprint density at radius 3 is 2.73 bits per heavy atom. The van der Waals surface area contributed by atoms with E-state index in [4.69, 9.17) is 4.74 Å². The fourth-order valence-corrected chi connectivity index (χ4v) is 1.05. The minimum absolute atomic E-state index is 0.384. The Morgan fingerprint density at radius 2 is 2.20 bits per heavy atom. The highest BCUT2D eigenvalue weighted by molar-refractivity contribution is 5.87. The molecule has 1 aromatic heterocycles. The van der Waals surface area contributed by atoms with Crippen LogP contribution in [0.1, 0.15) is 11.1 Å². The van der Waals surface area contributed by atoms with E-state index < -0.39 is 0 Å². The summed E-state index contributed by atoms with van der Waals surface area (Å²) in [6, 6.07) is 1.80. The maximum Gasteiger partial charge on any atom is 0.330 e. The van der Waals surface area contributed by atoms with Crippen LogP contribution in [0.25, 0.3) is 6.08 Å². The predicted molar refractivity (Wildman–Crippen MR) is 56.6 cm³/mol. The summed E-state index contributed by atoms with van der Waals surface area (Å²) >= 11 is 0. The summed E-state index contributed by atoms with van der Waals surface area (Å²) < 4.78 is 9.46. The van der Waals surface area contributed by atoms with Crippen LogP contribution < -0.4 is 4.74 Å². The van der Waals surface area contributed by atoms with Crippen molar-refractivity contribution in [3.63, 3.8) is 0 Å². The van der Waals surface area contributed by atoms with Gasteiger partial charge >= 0.3 is 5.97 Å². The van der Waals surface area contributed by atoms with Crippen LogP contribution in [0, 0.1) is 6.92 Å². The summed E-state index contributed by atoms with van der Waals surface area (Å²) in [6.45, 7) is 1.92. The quantitative estimate of drug-likeness (QED) is 0.557. The van der Waals surface area contributed by atoms with E-state index in [1.54, 1.807) is 25.4 Å². The normalized spacial score (nSPS) is 10.3. The zero-order valence-corrected chi connectivity index (χ0v) is 8.98. The van der Waals surface area contributed by atoms with Crippen molar-refractivity contribution in [2.24, 2.45) is 0 Å². The number of ether oxygens (including phenoxy) is 2. The van der Waals surface area contributed by atoms with Crippen molar-refractivity contribution in [1.29, 1.82) is 0 Å². The van der Waals surface area contributed by atoms with Crippen molar-refractivity contribution in [2.75, 3.05) is 14.2 Å². The van der Waals surface area contributed by atoms with E-state index in [9.17, 15) is 4.79 Å². The van der Waals surface area contributed by atoms with Gasteiger partial charge in [-0.2, -0.15) is 0 Å². The van der Waals surface area contributed by atoms with Crippen molar-refractivity contribution in [2.45, 2.75) is 6.92 Å². The van der Waals surface area contributed by atoms with Crippen molar-refractivity contribution in [3.05, 3.63) is 29.5 Å². The topological polar surface area (TPSA) is 48.4 Å². The van der Waals surface area contributed by atoms with Gasteiger partial charge in [-0.15, -0.1) is 0 Å². The number of aromatic nitrogens is 1. The van der Waals surface area contributed by atoms with Gasteiger partial charge < -0.3 is 9.47 Å². The third-order valence-corrected chi connectivity index (χ3v) is 1.94. The highest BCUT2D eigenvalue weighted by Gasteiger charge is 1.99. The Hall–Kier alpha value is -1.84. The number of pyridine rings is 1. The second-order valence-electron chi connectivity index (χ2n) is 2.94. The molecule has 0 radical (unpaired) electrons. The van der Waals surface area contributed by atoms with Crippen LogP contribution in [0.4, 0.5) is 0 Å². The number of carbonyl (C=O) groups excluding carboxylic acids is 1. The minimum Gasteiger partial charge on any atom is -0.481 e. The van der Waals surface area contributed by atoms with Gasteiger partial charge in [0.05, 0.1) is 14.2 Å². The molecule has 1 aromatic rings. The maximum atomic E-state index is 10.9. The van der Waals surface area contributed by atoms with E-state index in [1.807, 2.05) is 6.92 Å². The molecule has 0 saturated heterocycles. The van der Waals surface area contributed by atoms with Gasteiger partial charge in [-0.05, 0) is 24.1 Å². The number of aryl methyl sites for hydroxylation is 1. The highest BCUT2D eigenvalue weighted by atomic mass is 16.5. The summed E-state index contributed by atoms with van der Waals surface area (Å²) in [5.41, 5.74) is 1.85. The second-order valence-corrected chi connectivity index (χ2v) is 2.94. The minimum atomic E-state index is -0.384. The Balaban J connectivity index is 2.87. The number of carbonyl (C=O) groups is 1. The van der Waals surface area contributed by atoms with Gasteiger partial charge in [0.1, 0.15) is 0 Å². The molecule has 0 aliphatic heterocycles. The first kappa shape index (κ1) is 11.2. The summed E-state index contributed by atoms with van der Waals surface area (Å²) in [5.74, 6) is 0.174. The van der Waals surface area contributed by atoms with Gasteiger partial charge in [0, 0.05) is 18.3 Å². The third kappa shape index (κ3) is 3.09. The van der Waals surface area contributed by atoms with Gasteiger partial charge in [0.15, 0.2) is 0 Å². The lowest BCUT2D eigenvalue weighted by atomic mass is 10.1. The summed E-state index contributed by atoms with van der Waals surface area (Å²) in [7, 11) is 2.90. The van der Waals surface area contributed by atoms with Crippen molar-refractivity contribution in [3.8, 4) is 5.88 Å². The summed E-state index contributed by atoms with van der Waals surface area (Å²) in [6.07, 6.45) is 4.66. The Bertz CT molecular complexity index is 385. The molecule has 0 fully saturated rings. The standard InChI is InChI=1S/C11H13NO3/c1-8-6-10(14-2)12-7-9(8)4-5-11(13)15-3/h4-7H,1-3H3. The molecule has 0 unspecified atom stereocenters.